The molecule has 0 unspecified atom stereocenters. The van der Waals surface area contributed by atoms with Crippen LogP contribution in [0.5, 0.6) is 0 Å². The van der Waals surface area contributed by atoms with Crippen molar-refractivity contribution in [2.45, 2.75) is 6.42 Å². The lowest BCUT2D eigenvalue weighted by molar-refractivity contribution is 0.617. The van der Waals surface area contributed by atoms with Crippen LogP contribution in [0, 0.1) is 5.82 Å². The van der Waals surface area contributed by atoms with Crippen molar-refractivity contribution in [1.82, 2.24) is 9.55 Å². The number of aryl methyl sites for hydroxylation is 1. The van der Waals surface area contributed by atoms with E-state index in [0.29, 0.717) is 44.9 Å². The summed E-state index contributed by atoms with van der Waals surface area (Å²) in [4.78, 5) is 4.49. The van der Waals surface area contributed by atoms with Crippen LogP contribution < -0.4 is 0 Å². The van der Waals surface area contributed by atoms with E-state index in [1.165, 1.54) is 6.07 Å². The smallest absolute Gasteiger partial charge is 0.147 e. The molecule has 2 aromatic carbocycles. The molecule has 3 rings (SSSR count). The summed E-state index contributed by atoms with van der Waals surface area (Å²) >= 11 is 17.9. The predicted octanol–water partition coefficient (Wildman–Crippen LogP) is 5.25. The molecule has 0 aliphatic rings. The Kier molecular flexibility index (Phi) is 4.07. The summed E-state index contributed by atoms with van der Waals surface area (Å²) in [5, 5.41) is 0.818. The van der Waals surface area contributed by atoms with Gasteiger partial charge in [0, 0.05) is 12.3 Å². The van der Waals surface area contributed by atoms with E-state index < -0.39 is 0 Å². The highest BCUT2D eigenvalue weighted by Gasteiger charge is 2.16. The standard InChI is InChI=1S/C15H10Cl3FN2/c16-6-5-15-20-12-7-9(17)10(18)8-14(12)21(15)13-4-2-1-3-11(13)19/h1-4,7-8H,5-6H2. The van der Waals surface area contributed by atoms with Gasteiger partial charge in [0.05, 0.1) is 26.8 Å². The van der Waals surface area contributed by atoms with Crippen LogP contribution >= 0.6 is 34.8 Å². The van der Waals surface area contributed by atoms with Crippen LogP contribution in [0.3, 0.4) is 0 Å². The van der Waals surface area contributed by atoms with Crippen LogP contribution in [-0.4, -0.2) is 15.4 Å². The van der Waals surface area contributed by atoms with E-state index in [2.05, 4.69) is 4.98 Å². The molecule has 0 saturated heterocycles. The Hall–Kier alpha value is -1.29. The normalized spacial score (nSPS) is 11.2. The van der Waals surface area contributed by atoms with Gasteiger partial charge in [0.25, 0.3) is 0 Å². The van der Waals surface area contributed by atoms with Crippen LogP contribution in [-0.2, 0) is 6.42 Å². The van der Waals surface area contributed by atoms with Gasteiger partial charge in [-0.1, -0.05) is 35.3 Å². The molecule has 0 spiro atoms. The minimum absolute atomic E-state index is 0.335. The molecule has 1 aromatic heterocycles. The maximum atomic E-state index is 14.1. The Balaban J connectivity index is 2.35. The molecule has 0 fully saturated rings. The van der Waals surface area contributed by atoms with E-state index in [-0.39, 0.29) is 5.82 Å². The first-order valence-electron chi connectivity index (χ1n) is 6.29. The Morgan fingerprint density at radius 3 is 2.52 bits per heavy atom. The fraction of sp³-hybridized carbons (Fsp3) is 0.133. The quantitative estimate of drug-likeness (QED) is 0.594. The molecule has 0 aliphatic heterocycles. The fourth-order valence-corrected chi connectivity index (χ4v) is 2.76. The van der Waals surface area contributed by atoms with Crippen LogP contribution in [0.4, 0.5) is 4.39 Å². The number of imidazole rings is 1. The molecule has 2 nitrogen and oxygen atoms in total. The van der Waals surface area contributed by atoms with Crippen molar-refractivity contribution in [2.24, 2.45) is 0 Å². The number of nitrogens with zero attached hydrogens (tertiary/aromatic N) is 2. The van der Waals surface area contributed by atoms with Gasteiger partial charge in [0.1, 0.15) is 11.6 Å². The number of fused-ring (bicyclic) bond motifs is 1. The average molecular weight is 344 g/mol. The van der Waals surface area contributed by atoms with Crippen LogP contribution in [0.15, 0.2) is 36.4 Å². The largest absolute Gasteiger partial charge is 0.293 e. The van der Waals surface area contributed by atoms with Crippen molar-refractivity contribution in [1.29, 1.82) is 0 Å². The molecule has 0 amide bonds. The second kappa shape index (κ2) is 5.84. The number of benzene rings is 2. The van der Waals surface area contributed by atoms with Gasteiger partial charge < -0.3 is 0 Å². The van der Waals surface area contributed by atoms with E-state index in [9.17, 15) is 4.39 Å². The first kappa shape index (κ1) is 14.6. The third kappa shape index (κ3) is 2.61. The van der Waals surface area contributed by atoms with E-state index in [1.807, 2.05) is 0 Å². The van der Waals surface area contributed by atoms with E-state index >= 15 is 0 Å². The Morgan fingerprint density at radius 1 is 1.10 bits per heavy atom. The van der Waals surface area contributed by atoms with Gasteiger partial charge in [-0.15, -0.1) is 11.6 Å². The lowest BCUT2D eigenvalue weighted by Gasteiger charge is -2.09. The summed E-state index contributed by atoms with van der Waals surface area (Å²) in [6.07, 6.45) is 0.514. The summed E-state index contributed by atoms with van der Waals surface area (Å²) in [6, 6.07) is 9.87. The van der Waals surface area contributed by atoms with Crippen molar-refractivity contribution >= 4 is 45.8 Å². The SMILES string of the molecule is Fc1ccccc1-n1c(CCCl)nc2cc(Cl)c(Cl)cc21. The third-order valence-electron chi connectivity index (χ3n) is 3.18. The first-order valence-corrected chi connectivity index (χ1v) is 7.58. The number of hydrogen-bond donors (Lipinski definition) is 0. The summed E-state index contributed by atoms with van der Waals surface area (Å²) in [6.45, 7) is 0. The summed E-state index contributed by atoms with van der Waals surface area (Å²) < 4.78 is 15.9. The van der Waals surface area contributed by atoms with Gasteiger partial charge in [0.15, 0.2) is 0 Å². The highest BCUT2D eigenvalue weighted by Crippen LogP contribution is 2.31. The Morgan fingerprint density at radius 2 is 1.81 bits per heavy atom. The summed E-state index contributed by atoms with van der Waals surface area (Å²) in [5.41, 5.74) is 1.78. The molecular formula is C15H10Cl3FN2. The predicted molar refractivity (Wildman–Crippen MR) is 85.5 cm³/mol. The van der Waals surface area contributed by atoms with Crippen LogP contribution in [0.1, 0.15) is 5.82 Å². The monoisotopic (exact) mass is 342 g/mol. The molecule has 0 saturated carbocycles. The first-order chi connectivity index (χ1) is 10.1. The lowest BCUT2D eigenvalue weighted by Crippen LogP contribution is -2.04. The molecule has 3 aromatic rings. The lowest BCUT2D eigenvalue weighted by atomic mass is 10.2. The van der Waals surface area contributed by atoms with Gasteiger partial charge in [-0.05, 0) is 24.3 Å². The molecule has 6 heteroatoms. The molecule has 108 valence electrons. The van der Waals surface area contributed by atoms with Crippen molar-refractivity contribution in [3.63, 3.8) is 0 Å². The van der Waals surface area contributed by atoms with E-state index in [1.54, 1.807) is 34.9 Å². The van der Waals surface area contributed by atoms with E-state index in [0.717, 1.165) is 0 Å². The molecule has 0 radical (unpaired) electrons. The van der Waals surface area contributed by atoms with Gasteiger partial charge in [0.2, 0.25) is 0 Å². The number of hydrogen-bond acceptors (Lipinski definition) is 1. The maximum absolute atomic E-state index is 14.1. The average Bonchev–Trinajstić information content (AvgIpc) is 2.78. The third-order valence-corrected chi connectivity index (χ3v) is 4.09. The second-order valence-electron chi connectivity index (χ2n) is 4.51. The van der Waals surface area contributed by atoms with Crippen molar-refractivity contribution in [2.75, 3.05) is 5.88 Å². The molecule has 0 N–H and O–H groups in total. The van der Waals surface area contributed by atoms with Crippen molar-refractivity contribution < 1.29 is 4.39 Å². The molecule has 0 bridgehead atoms. The highest BCUT2D eigenvalue weighted by atomic mass is 35.5. The van der Waals surface area contributed by atoms with Gasteiger partial charge >= 0.3 is 0 Å². The number of halogens is 4. The Bertz CT molecular complexity index is 814. The van der Waals surface area contributed by atoms with Crippen molar-refractivity contribution in [3.05, 3.63) is 58.1 Å². The summed E-state index contributed by atoms with van der Waals surface area (Å²) in [7, 11) is 0. The zero-order chi connectivity index (χ0) is 15.0. The van der Waals surface area contributed by atoms with Crippen molar-refractivity contribution in [3.8, 4) is 5.69 Å². The number of alkyl halides is 1. The highest BCUT2D eigenvalue weighted by molar-refractivity contribution is 6.42. The second-order valence-corrected chi connectivity index (χ2v) is 5.70. The Labute approximate surface area is 136 Å². The van der Waals surface area contributed by atoms with Gasteiger partial charge in [-0.25, -0.2) is 9.37 Å². The van der Waals surface area contributed by atoms with Crippen LogP contribution in [0.25, 0.3) is 16.7 Å². The molecule has 1 heterocycles. The van der Waals surface area contributed by atoms with E-state index in [4.69, 9.17) is 34.8 Å². The fourth-order valence-electron chi connectivity index (χ4n) is 2.28. The summed E-state index contributed by atoms with van der Waals surface area (Å²) in [5.74, 6) is 0.723. The maximum Gasteiger partial charge on any atom is 0.147 e. The number of aromatic nitrogens is 2. The minimum atomic E-state index is -0.335. The topological polar surface area (TPSA) is 17.8 Å². The molecule has 0 aliphatic carbocycles. The zero-order valence-corrected chi connectivity index (χ0v) is 13.1. The van der Waals surface area contributed by atoms with Gasteiger partial charge in [-0.3, -0.25) is 4.57 Å². The molecular weight excluding hydrogens is 334 g/mol. The van der Waals surface area contributed by atoms with Gasteiger partial charge in [-0.2, -0.15) is 0 Å². The molecule has 21 heavy (non-hydrogen) atoms. The number of rotatable bonds is 3. The number of para-hydroxylation sites is 1. The minimum Gasteiger partial charge on any atom is -0.293 e. The van der Waals surface area contributed by atoms with Crippen LogP contribution in [0.2, 0.25) is 10.0 Å². The molecule has 0 atom stereocenters. The zero-order valence-electron chi connectivity index (χ0n) is 10.8.